The van der Waals surface area contributed by atoms with Gasteiger partial charge in [-0.25, -0.2) is 0 Å². The maximum Gasteiger partial charge on any atom is 0.119 e. The Balaban J connectivity index is 1.49. The van der Waals surface area contributed by atoms with Gasteiger partial charge in [0.1, 0.15) is 12.4 Å². The van der Waals surface area contributed by atoms with E-state index in [0.717, 1.165) is 24.6 Å². The summed E-state index contributed by atoms with van der Waals surface area (Å²) in [6, 6.07) is 27.1. The summed E-state index contributed by atoms with van der Waals surface area (Å²) in [5.74, 6) is 0.863. The van der Waals surface area contributed by atoms with Crippen LogP contribution in [0.2, 0.25) is 0 Å². The molecule has 0 aromatic heterocycles. The van der Waals surface area contributed by atoms with Gasteiger partial charge in [-0.3, -0.25) is 0 Å². The van der Waals surface area contributed by atoms with Crippen LogP contribution < -0.4 is 10.1 Å². The summed E-state index contributed by atoms with van der Waals surface area (Å²) in [5.41, 5.74) is 4.81. The molecule has 3 heteroatoms. The number of hydrogen-bond donors (Lipinski definition) is 1. The third-order valence-electron chi connectivity index (χ3n) is 4.11. The van der Waals surface area contributed by atoms with Crippen molar-refractivity contribution in [2.45, 2.75) is 13.5 Å². The summed E-state index contributed by atoms with van der Waals surface area (Å²) in [7, 11) is 0. The highest BCUT2D eigenvalue weighted by Gasteiger charge is 1.99. The normalized spacial score (nSPS) is 10.5. The van der Waals surface area contributed by atoms with E-state index in [1.54, 1.807) is 0 Å². The van der Waals surface area contributed by atoms with Crippen molar-refractivity contribution in [2.24, 2.45) is 0 Å². The van der Waals surface area contributed by atoms with Gasteiger partial charge in [-0.1, -0.05) is 54.6 Å². The van der Waals surface area contributed by atoms with E-state index >= 15 is 0 Å². The second kappa shape index (κ2) is 9.64. The van der Waals surface area contributed by atoms with Crippen molar-refractivity contribution >= 4 is 5.69 Å². The zero-order chi connectivity index (χ0) is 18.0. The smallest absolute Gasteiger partial charge is 0.119 e. The minimum absolute atomic E-state index is 0.578. The van der Waals surface area contributed by atoms with Crippen LogP contribution in [-0.4, -0.2) is 19.8 Å². The molecule has 0 spiro atoms. The van der Waals surface area contributed by atoms with Gasteiger partial charge in [-0.2, -0.15) is 0 Å². The molecule has 0 fully saturated rings. The summed E-state index contributed by atoms with van der Waals surface area (Å²) in [4.78, 5) is 0. The summed E-state index contributed by atoms with van der Waals surface area (Å²) in [6.07, 6.45) is 0. The van der Waals surface area contributed by atoms with E-state index in [9.17, 15) is 0 Å². The lowest BCUT2D eigenvalue weighted by atomic mass is 10.0. The van der Waals surface area contributed by atoms with Crippen molar-refractivity contribution in [3.8, 4) is 16.9 Å². The van der Waals surface area contributed by atoms with Gasteiger partial charge in [0, 0.05) is 18.8 Å². The van der Waals surface area contributed by atoms with Crippen LogP contribution in [0, 0.1) is 0 Å². The molecule has 26 heavy (non-hydrogen) atoms. The Morgan fingerprint density at radius 3 is 2.12 bits per heavy atom. The second-order valence-corrected chi connectivity index (χ2v) is 5.99. The molecule has 0 aliphatic carbocycles. The van der Waals surface area contributed by atoms with Crippen molar-refractivity contribution in [3.63, 3.8) is 0 Å². The van der Waals surface area contributed by atoms with Crippen molar-refractivity contribution in [3.05, 3.63) is 84.4 Å². The topological polar surface area (TPSA) is 30.5 Å². The molecule has 3 aromatic rings. The third kappa shape index (κ3) is 5.36. The average Bonchev–Trinajstić information content (AvgIpc) is 2.72. The predicted molar refractivity (Wildman–Crippen MR) is 108 cm³/mol. The fraction of sp³-hybridized carbons (Fsp3) is 0.217. The maximum atomic E-state index is 5.63. The Kier molecular flexibility index (Phi) is 6.68. The van der Waals surface area contributed by atoms with Crippen molar-refractivity contribution in [1.82, 2.24) is 0 Å². The van der Waals surface area contributed by atoms with Crippen LogP contribution in [-0.2, 0) is 11.3 Å². The summed E-state index contributed by atoms with van der Waals surface area (Å²) >= 11 is 0. The van der Waals surface area contributed by atoms with E-state index < -0.39 is 0 Å². The van der Waals surface area contributed by atoms with Crippen LogP contribution in [0.15, 0.2) is 78.9 Å². The first-order chi connectivity index (χ1) is 12.8. The Hall–Kier alpha value is -2.78. The van der Waals surface area contributed by atoms with E-state index in [2.05, 4.69) is 53.8 Å². The highest BCUT2D eigenvalue weighted by atomic mass is 16.5. The van der Waals surface area contributed by atoms with Gasteiger partial charge in [0.05, 0.1) is 6.61 Å². The van der Waals surface area contributed by atoms with Crippen LogP contribution in [0.3, 0.4) is 0 Å². The number of hydrogen-bond acceptors (Lipinski definition) is 3. The SMILES string of the molecule is CCOCCOc1ccc(NCc2ccc(-c3ccccc3)cc2)cc1. The average molecular weight is 347 g/mol. The van der Waals surface area contributed by atoms with E-state index in [0.29, 0.717) is 13.2 Å². The molecule has 0 radical (unpaired) electrons. The zero-order valence-corrected chi connectivity index (χ0v) is 15.2. The van der Waals surface area contributed by atoms with Gasteiger partial charge in [-0.15, -0.1) is 0 Å². The zero-order valence-electron chi connectivity index (χ0n) is 15.2. The van der Waals surface area contributed by atoms with Gasteiger partial charge in [0.25, 0.3) is 0 Å². The van der Waals surface area contributed by atoms with Crippen LogP contribution in [0.25, 0.3) is 11.1 Å². The third-order valence-corrected chi connectivity index (χ3v) is 4.11. The monoisotopic (exact) mass is 347 g/mol. The number of ether oxygens (including phenoxy) is 2. The fourth-order valence-corrected chi connectivity index (χ4v) is 2.68. The van der Waals surface area contributed by atoms with Gasteiger partial charge < -0.3 is 14.8 Å². The molecule has 0 atom stereocenters. The number of anilines is 1. The molecule has 0 amide bonds. The quantitative estimate of drug-likeness (QED) is 0.527. The maximum absolute atomic E-state index is 5.63. The van der Waals surface area contributed by atoms with Crippen molar-refractivity contribution in [1.29, 1.82) is 0 Å². The van der Waals surface area contributed by atoms with Gasteiger partial charge in [0.2, 0.25) is 0 Å². The molecule has 134 valence electrons. The summed E-state index contributed by atoms with van der Waals surface area (Å²) in [5, 5.41) is 3.44. The van der Waals surface area contributed by atoms with Crippen molar-refractivity contribution in [2.75, 3.05) is 25.1 Å². The minimum atomic E-state index is 0.578. The van der Waals surface area contributed by atoms with E-state index in [4.69, 9.17) is 9.47 Å². The summed E-state index contributed by atoms with van der Waals surface area (Å²) in [6.45, 7) is 4.69. The molecule has 3 nitrogen and oxygen atoms in total. The van der Waals surface area contributed by atoms with Crippen LogP contribution >= 0.6 is 0 Å². The van der Waals surface area contributed by atoms with Crippen LogP contribution in [0.1, 0.15) is 12.5 Å². The molecule has 3 aromatic carbocycles. The molecule has 0 aliphatic rings. The molecule has 0 heterocycles. The lowest BCUT2D eigenvalue weighted by molar-refractivity contribution is 0.110. The molecular weight excluding hydrogens is 322 g/mol. The number of rotatable bonds is 9. The lowest BCUT2D eigenvalue weighted by Crippen LogP contribution is -2.06. The molecule has 0 bridgehead atoms. The molecule has 3 rings (SSSR count). The number of nitrogens with one attached hydrogen (secondary N) is 1. The first-order valence-corrected chi connectivity index (χ1v) is 9.04. The van der Waals surface area contributed by atoms with Gasteiger partial charge in [-0.05, 0) is 47.9 Å². The minimum Gasteiger partial charge on any atom is -0.491 e. The Morgan fingerprint density at radius 2 is 1.42 bits per heavy atom. The highest BCUT2D eigenvalue weighted by molar-refractivity contribution is 5.63. The lowest BCUT2D eigenvalue weighted by Gasteiger charge is -2.10. The van der Waals surface area contributed by atoms with Crippen LogP contribution in [0.4, 0.5) is 5.69 Å². The Labute approximate surface area is 155 Å². The standard InChI is InChI=1S/C23H25NO2/c1-2-25-16-17-26-23-14-12-22(13-15-23)24-18-19-8-10-21(11-9-19)20-6-4-3-5-7-20/h3-15,24H,2,16-18H2,1H3. The Morgan fingerprint density at radius 1 is 0.731 bits per heavy atom. The molecule has 0 aliphatic heterocycles. The number of benzene rings is 3. The molecule has 0 unspecified atom stereocenters. The van der Waals surface area contributed by atoms with Crippen molar-refractivity contribution < 1.29 is 9.47 Å². The van der Waals surface area contributed by atoms with Gasteiger partial charge in [0.15, 0.2) is 0 Å². The second-order valence-electron chi connectivity index (χ2n) is 5.99. The molecule has 0 saturated heterocycles. The van der Waals surface area contributed by atoms with Gasteiger partial charge >= 0.3 is 0 Å². The van der Waals surface area contributed by atoms with E-state index in [-0.39, 0.29) is 0 Å². The van der Waals surface area contributed by atoms with E-state index in [1.165, 1.54) is 16.7 Å². The molecule has 0 saturated carbocycles. The van der Waals surface area contributed by atoms with E-state index in [1.807, 2.05) is 37.3 Å². The fourth-order valence-electron chi connectivity index (χ4n) is 2.68. The first-order valence-electron chi connectivity index (χ1n) is 9.04. The predicted octanol–water partition coefficient (Wildman–Crippen LogP) is 5.38. The summed E-state index contributed by atoms with van der Waals surface area (Å²) < 4.78 is 10.9. The highest BCUT2D eigenvalue weighted by Crippen LogP contribution is 2.20. The first kappa shape index (κ1) is 18.0. The van der Waals surface area contributed by atoms with Crippen LogP contribution in [0.5, 0.6) is 5.75 Å². The molecule has 1 N–H and O–H groups in total. The largest absolute Gasteiger partial charge is 0.491 e. The Bertz CT molecular complexity index is 768. The molecular formula is C23H25NO2.